The second-order valence-corrected chi connectivity index (χ2v) is 11.3. The molecule has 4 aliphatic rings. The third kappa shape index (κ3) is 4.05. The lowest BCUT2D eigenvalue weighted by atomic mass is 9.44. The number of rotatable bonds is 8. The number of fused-ring (bicyclic) bond motifs is 5. The standard InChI is InChI=1S/C25H35NO10/c1-23-12-18(29)22-16(17(23)7-8-25(23,32)19(30)13-27)6-5-14-10-15(28)11-20(24(14,22)2)36-21(31)4-3-9-35-26(33)34/h10,16-18,20,22,27,29,32H,3-9,11-13H2,1-2H3/t16-,17-,18-,20?,22+,23-,24+,25-/m0/s1. The molecule has 0 aliphatic heterocycles. The van der Waals surface area contributed by atoms with Gasteiger partial charge in [-0.3, -0.25) is 14.4 Å². The molecule has 0 aromatic carbocycles. The third-order valence-electron chi connectivity index (χ3n) is 9.73. The fourth-order valence-corrected chi connectivity index (χ4v) is 8.03. The Labute approximate surface area is 208 Å². The largest absolute Gasteiger partial charge is 0.461 e. The van der Waals surface area contributed by atoms with Crippen molar-refractivity contribution in [2.75, 3.05) is 13.2 Å². The molecular formula is C25H35NO10. The van der Waals surface area contributed by atoms with E-state index >= 15 is 0 Å². The SMILES string of the molecule is C[C@]12C[C@H](O)[C@H]3[C@@H](CCC4=CC(=O)CC(OC(=O)CCCO[N+](=O)[O-])[C@@]43C)[C@@H]1CC[C@]2(O)C(=O)CO. The van der Waals surface area contributed by atoms with Gasteiger partial charge in [-0.2, -0.15) is 0 Å². The van der Waals surface area contributed by atoms with Gasteiger partial charge in [0.1, 0.15) is 18.3 Å². The van der Waals surface area contributed by atoms with Crippen LogP contribution in [0.15, 0.2) is 11.6 Å². The first-order valence-corrected chi connectivity index (χ1v) is 12.6. The number of nitrogens with zero attached hydrogens (tertiary/aromatic N) is 1. The molecular weight excluding hydrogens is 474 g/mol. The molecule has 11 nitrogen and oxygen atoms in total. The molecule has 4 rings (SSSR count). The number of aliphatic hydroxyl groups excluding tert-OH is 2. The van der Waals surface area contributed by atoms with Gasteiger partial charge < -0.3 is 24.9 Å². The number of hydrogen-bond donors (Lipinski definition) is 3. The van der Waals surface area contributed by atoms with E-state index < -0.39 is 52.1 Å². The van der Waals surface area contributed by atoms with E-state index in [4.69, 9.17) is 4.74 Å². The Bertz CT molecular complexity index is 980. The molecule has 0 heterocycles. The van der Waals surface area contributed by atoms with Gasteiger partial charge in [-0.15, -0.1) is 10.1 Å². The molecule has 3 N–H and O–H groups in total. The van der Waals surface area contributed by atoms with Gasteiger partial charge in [-0.25, -0.2) is 0 Å². The van der Waals surface area contributed by atoms with Crippen molar-refractivity contribution in [3.63, 3.8) is 0 Å². The number of Topliss-reactive ketones (excluding diaryl/α,β-unsaturated/α-hetero) is 1. The van der Waals surface area contributed by atoms with E-state index in [0.717, 1.165) is 5.57 Å². The zero-order valence-electron chi connectivity index (χ0n) is 20.7. The molecule has 0 aromatic heterocycles. The van der Waals surface area contributed by atoms with Crippen LogP contribution in [0.1, 0.15) is 65.2 Å². The van der Waals surface area contributed by atoms with Crippen molar-refractivity contribution in [1.82, 2.24) is 0 Å². The average molecular weight is 510 g/mol. The summed E-state index contributed by atoms with van der Waals surface area (Å²) in [7, 11) is 0. The van der Waals surface area contributed by atoms with Crippen molar-refractivity contribution in [3.8, 4) is 0 Å². The second kappa shape index (κ2) is 9.50. The summed E-state index contributed by atoms with van der Waals surface area (Å²) in [4.78, 5) is 52.3. The van der Waals surface area contributed by atoms with Crippen LogP contribution in [0.25, 0.3) is 0 Å². The Kier molecular flexibility index (Phi) is 7.04. The van der Waals surface area contributed by atoms with Crippen molar-refractivity contribution in [3.05, 3.63) is 21.8 Å². The number of aliphatic hydroxyl groups is 3. The van der Waals surface area contributed by atoms with Crippen LogP contribution in [0.4, 0.5) is 0 Å². The first-order valence-electron chi connectivity index (χ1n) is 12.6. The number of ether oxygens (including phenoxy) is 1. The van der Waals surface area contributed by atoms with Crippen molar-refractivity contribution in [1.29, 1.82) is 0 Å². The van der Waals surface area contributed by atoms with Crippen LogP contribution in [0.3, 0.4) is 0 Å². The molecule has 0 spiro atoms. The summed E-state index contributed by atoms with van der Waals surface area (Å²) in [5, 5.41) is 41.8. The highest BCUT2D eigenvalue weighted by Gasteiger charge is 2.69. The zero-order valence-corrected chi connectivity index (χ0v) is 20.7. The molecule has 1 unspecified atom stereocenters. The lowest BCUT2D eigenvalue weighted by Gasteiger charge is -2.61. The summed E-state index contributed by atoms with van der Waals surface area (Å²) in [6.45, 7) is 2.73. The highest BCUT2D eigenvalue weighted by atomic mass is 16.9. The Balaban J connectivity index is 1.60. The smallest absolute Gasteiger partial charge is 0.306 e. The monoisotopic (exact) mass is 509 g/mol. The zero-order chi connectivity index (χ0) is 26.5. The summed E-state index contributed by atoms with van der Waals surface area (Å²) in [5.41, 5.74) is -2.60. The fraction of sp³-hybridized carbons (Fsp3) is 0.800. The van der Waals surface area contributed by atoms with Gasteiger partial charge in [0, 0.05) is 29.6 Å². The minimum absolute atomic E-state index is 0.0258. The first kappa shape index (κ1) is 26.7. The number of hydrogen-bond acceptors (Lipinski definition) is 10. The van der Waals surface area contributed by atoms with E-state index in [1.165, 1.54) is 0 Å². The van der Waals surface area contributed by atoms with Crippen molar-refractivity contribution in [2.45, 2.75) is 83.0 Å². The molecule has 3 fully saturated rings. The van der Waals surface area contributed by atoms with E-state index in [2.05, 4.69) is 4.84 Å². The van der Waals surface area contributed by atoms with E-state index in [0.29, 0.717) is 19.3 Å². The molecule has 0 amide bonds. The number of esters is 1. The van der Waals surface area contributed by atoms with Crippen LogP contribution >= 0.6 is 0 Å². The number of carbonyl (C=O) groups is 3. The predicted octanol–water partition coefficient (Wildman–Crippen LogP) is 1.29. The lowest BCUT2D eigenvalue weighted by molar-refractivity contribution is -0.757. The van der Waals surface area contributed by atoms with E-state index in [1.54, 1.807) is 6.08 Å². The van der Waals surface area contributed by atoms with Gasteiger partial charge in [-0.1, -0.05) is 19.4 Å². The summed E-state index contributed by atoms with van der Waals surface area (Å²) < 4.78 is 5.80. The van der Waals surface area contributed by atoms with Crippen LogP contribution < -0.4 is 0 Å². The Morgan fingerprint density at radius 2 is 2.00 bits per heavy atom. The third-order valence-corrected chi connectivity index (χ3v) is 9.73. The van der Waals surface area contributed by atoms with Crippen LogP contribution in [-0.4, -0.2) is 69.0 Å². The highest BCUT2D eigenvalue weighted by Crippen LogP contribution is 2.67. The van der Waals surface area contributed by atoms with Gasteiger partial charge in [0.2, 0.25) is 0 Å². The van der Waals surface area contributed by atoms with Gasteiger partial charge in [0.25, 0.3) is 5.09 Å². The van der Waals surface area contributed by atoms with Crippen molar-refractivity contribution < 1.29 is 44.4 Å². The molecule has 0 aromatic rings. The summed E-state index contributed by atoms with van der Waals surface area (Å²) >= 11 is 0. The maximum Gasteiger partial charge on any atom is 0.306 e. The predicted molar refractivity (Wildman–Crippen MR) is 123 cm³/mol. The van der Waals surface area contributed by atoms with Gasteiger partial charge in [0.15, 0.2) is 11.6 Å². The van der Waals surface area contributed by atoms with Gasteiger partial charge in [0.05, 0.1) is 12.7 Å². The highest BCUT2D eigenvalue weighted by molar-refractivity contribution is 5.92. The normalized spacial score (nSPS) is 41.4. The fourth-order valence-electron chi connectivity index (χ4n) is 8.03. The molecule has 3 saturated carbocycles. The van der Waals surface area contributed by atoms with Crippen LogP contribution in [0.5, 0.6) is 0 Å². The van der Waals surface area contributed by atoms with Crippen LogP contribution in [0.2, 0.25) is 0 Å². The van der Waals surface area contributed by atoms with Crippen molar-refractivity contribution >= 4 is 17.5 Å². The summed E-state index contributed by atoms with van der Waals surface area (Å²) in [6, 6.07) is 0. The molecule has 11 heteroatoms. The molecule has 8 atom stereocenters. The van der Waals surface area contributed by atoms with E-state index in [1.807, 2.05) is 13.8 Å². The van der Waals surface area contributed by atoms with Gasteiger partial charge >= 0.3 is 5.97 Å². The molecule has 0 radical (unpaired) electrons. The maximum atomic E-state index is 12.6. The topological polar surface area (TPSA) is 173 Å². The van der Waals surface area contributed by atoms with E-state index in [-0.39, 0.29) is 62.2 Å². The second-order valence-electron chi connectivity index (χ2n) is 11.3. The summed E-state index contributed by atoms with van der Waals surface area (Å²) in [6.07, 6.45) is 2.00. The first-order chi connectivity index (χ1) is 16.9. The van der Waals surface area contributed by atoms with Crippen LogP contribution in [-0.2, 0) is 24.0 Å². The minimum Gasteiger partial charge on any atom is -0.461 e. The Morgan fingerprint density at radius 3 is 2.67 bits per heavy atom. The number of ketones is 2. The van der Waals surface area contributed by atoms with Crippen LogP contribution in [0, 0.1) is 38.7 Å². The Morgan fingerprint density at radius 1 is 1.28 bits per heavy atom. The average Bonchev–Trinajstić information content (AvgIpc) is 3.07. The van der Waals surface area contributed by atoms with Gasteiger partial charge in [-0.05, 0) is 56.4 Å². The molecule has 4 aliphatic carbocycles. The van der Waals surface area contributed by atoms with E-state index in [9.17, 15) is 39.8 Å². The molecule has 36 heavy (non-hydrogen) atoms. The number of carbonyl (C=O) groups excluding carboxylic acids is 3. The molecule has 0 saturated heterocycles. The van der Waals surface area contributed by atoms with Crippen molar-refractivity contribution in [2.24, 2.45) is 28.6 Å². The summed E-state index contributed by atoms with van der Waals surface area (Å²) in [5.74, 6) is -1.90. The Hall–Kier alpha value is -2.37. The lowest BCUT2D eigenvalue weighted by Crippen LogP contribution is -2.64. The minimum atomic E-state index is -1.71. The molecule has 0 bridgehead atoms. The maximum absolute atomic E-state index is 12.6. The molecule has 200 valence electrons. The quantitative estimate of drug-likeness (QED) is 0.187.